The molecule has 1 heterocycles. The first-order chi connectivity index (χ1) is 9.13. The molecule has 1 unspecified atom stereocenters. The van der Waals surface area contributed by atoms with Crippen LogP contribution in [-0.2, 0) is 0 Å². The average molecular weight is 264 g/mol. The fraction of sp³-hybridized carbons (Fsp3) is 0.571. The Morgan fingerprint density at radius 2 is 2.26 bits per heavy atom. The number of anilines is 1. The number of nitrogens with zero attached hydrogens (tertiary/aromatic N) is 2. The van der Waals surface area contributed by atoms with E-state index in [1.807, 2.05) is 13.0 Å². The van der Waals surface area contributed by atoms with Crippen LogP contribution in [-0.4, -0.2) is 29.2 Å². The summed E-state index contributed by atoms with van der Waals surface area (Å²) < 4.78 is 0. The van der Waals surface area contributed by atoms with Crippen molar-refractivity contribution >= 4 is 11.4 Å². The number of benzene rings is 1. The Bertz CT molecular complexity index is 460. The van der Waals surface area contributed by atoms with Crippen molar-refractivity contribution in [3.63, 3.8) is 0 Å². The van der Waals surface area contributed by atoms with E-state index < -0.39 is 0 Å². The van der Waals surface area contributed by atoms with Crippen LogP contribution in [0.1, 0.15) is 31.2 Å². The second-order valence-electron chi connectivity index (χ2n) is 5.10. The zero-order valence-electron chi connectivity index (χ0n) is 11.2. The maximum absolute atomic E-state index is 11.2. The summed E-state index contributed by atoms with van der Waals surface area (Å²) in [7, 11) is 0. The van der Waals surface area contributed by atoms with Crippen LogP contribution in [0.2, 0.25) is 0 Å². The molecule has 0 aromatic heterocycles. The van der Waals surface area contributed by atoms with Crippen molar-refractivity contribution in [2.24, 2.45) is 0 Å². The van der Waals surface area contributed by atoms with Gasteiger partial charge in [-0.15, -0.1) is 0 Å². The Morgan fingerprint density at radius 1 is 1.47 bits per heavy atom. The first-order valence-corrected chi connectivity index (χ1v) is 6.76. The van der Waals surface area contributed by atoms with Gasteiger partial charge in [0.25, 0.3) is 5.69 Å². The van der Waals surface area contributed by atoms with Crippen LogP contribution in [0.25, 0.3) is 0 Å². The van der Waals surface area contributed by atoms with Crippen LogP contribution in [0.5, 0.6) is 0 Å². The van der Waals surface area contributed by atoms with Gasteiger partial charge in [0.2, 0.25) is 0 Å². The van der Waals surface area contributed by atoms with Gasteiger partial charge < -0.3 is 10.0 Å². The standard InChI is InChI=1S/C14H20N2O3/c1-11-5-6-13(16(18)19)14(10-11)15-8-3-2-4-12(15)7-9-17/h5-6,10,12,17H,2-4,7-9H2,1H3. The molecule has 0 bridgehead atoms. The molecular formula is C14H20N2O3. The van der Waals surface area contributed by atoms with Crippen molar-refractivity contribution in [2.75, 3.05) is 18.1 Å². The molecule has 104 valence electrons. The van der Waals surface area contributed by atoms with E-state index in [0.717, 1.165) is 31.4 Å². The van der Waals surface area contributed by atoms with Gasteiger partial charge >= 0.3 is 0 Å². The summed E-state index contributed by atoms with van der Waals surface area (Å²) in [6, 6.07) is 5.44. The smallest absolute Gasteiger partial charge is 0.292 e. The van der Waals surface area contributed by atoms with E-state index in [1.165, 1.54) is 0 Å². The predicted octanol–water partition coefficient (Wildman–Crippen LogP) is 2.64. The Hall–Kier alpha value is -1.62. The lowest BCUT2D eigenvalue weighted by Gasteiger charge is -2.37. The van der Waals surface area contributed by atoms with E-state index in [1.54, 1.807) is 12.1 Å². The highest BCUT2D eigenvalue weighted by molar-refractivity contribution is 5.65. The number of rotatable bonds is 4. The minimum absolute atomic E-state index is 0.126. The quantitative estimate of drug-likeness (QED) is 0.670. The molecule has 1 fully saturated rings. The maximum atomic E-state index is 11.2. The lowest BCUT2D eigenvalue weighted by molar-refractivity contribution is -0.384. The van der Waals surface area contributed by atoms with Crippen molar-refractivity contribution in [3.05, 3.63) is 33.9 Å². The summed E-state index contributed by atoms with van der Waals surface area (Å²) in [5.41, 5.74) is 1.88. The lowest BCUT2D eigenvalue weighted by atomic mass is 9.98. The van der Waals surface area contributed by atoms with Crippen molar-refractivity contribution in [3.8, 4) is 0 Å². The number of aliphatic hydroxyl groups is 1. The second-order valence-corrected chi connectivity index (χ2v) is 5.10. The van der Waals surface area contributed by atoms with Crippen LogP contribution < -0.4 is 4.90 Å². The number of piperidine rings is 1. The van der Waals surface area contributed by atoms with Gasteiger partial charge in [0.15, 0.2) is 0 Å². The van der Waals surface area contributed by atoms with Gasteiger partial charge in [-0.1, -0.05) is 6.07 Å². The molecule has 0 radical (unpaired) electrons. The summed E-state index contributed by atoms with van der Waals surface area (Å²) in [5.74, 6) is 0. The van der Waals surface area contributed by atoms with Gasteiger partial charge in [-0.2, -0.15) is 0 Å². The van der Waals surface area contributed by atoms with Gasteiger partial charge in [-0.05, 0) is 44.2 Å². The van der Waals surface area contributed by atoms with Gasteiger partial charge in [-0.25, -0.2) is 0 Å². The van der Waals surface area contributed by atoms with Crippen LogP contribution in [0.15, 0.2) is 18.2 Å². The van der Waals surface area contributed by atoms with Gasteiger partial charge in [0.1, 0.15) is 5.69 Å². The molecule has 1 saturated heterocycles. The highest BCUT2D eigenvalue weighted by Gasteiger charge is 2.27. The van der Waals surface area contributed by atoms with E-state index in [0.29, 0.717) is 12.1 Å². The number of nitro benzene ring substituents is 1. The molecule has 1 aliphatic heterocycles. The summed E-state index contributed by atoms with van der Waals surface area (Å²) in [5, 5.41) is 20.3. The van der Waals surface area contributed by atoms with Gasteiger partial charge in [-0.3, -0.25) is 10.1 Å². The van der Waals surface area contributed by atoms with Gasteiger partial charge in [0, 0.05) is 25.3 Å². The van der Waals surface area contributed by atoms with Crippen LogP contribution in [0.3, 0.4) is 0 Å². The van der Waals surface area contributed by atoms with Gasteiger partial charge in [0.05, 0.1) is 4.92 Å². The largest absolute Gasteiger partial charge is 0.396 e. The molecule has 1 aliphatic rings. The number of aryl methyl sites for hydroxylation is 1. The van der Waals surface area contributed by atoms with Crippen LogP contribution >= 0.6 is 0 Å². The minimum Gasteiger partial charge on any atom is -0.396 e. The molecule has 0 saturated carbocycles. The van der Waals surface area contributed by atoms with Crippen molar-refractivity contribution in [2.45, 2.75) is 38.6 Å². The minimum atomic E-state index is -0.320. The highest BCUT2D eigenvalue weighted by Crippen LogP contribution is 2.34. The third kappa shape index (κ3) is 3.04. The third-order valence-corrected chi connectivity index (χ3v) is 3.73. The van der Waals surface area contributed by atoms with E-state index in [9.17, 15) is 10.1 Å². The number of hydrogen-bond acceptors (Lipinski definition) is 4. The fourth-order valence-electron chi connectivity index (χ4n) is 2.78. The molecule has 1 N–H and O–H groups in total. The number of hydrogen-bond donors (Lipinski definition) is 1. The van der Waals surface area contributed by atoms with E-state index in [-0.39, 0.29) is 23.3 Å². The molecule has 0 amide bonds. The topological polar surface area (TPSA) is 66.6 Å². The number of aliphatic hydroxyl groups excluding tert-OH is 1. The van der Waals surface area contributed by atoms with E-state index in [2.05, 4.69) is 4.90 Å². The molecule has 5 heteroatoms. The molecule has 2 rings (SSSR count). The third-order valence-electron chi connectivity index (χ3n) is 3.73. The highest BCUT2D eigenvalue weighted by atomic mass is 16.6. The molecular weight excluding hydrogens is 244 g/mol. The van der Waals surface area contributed by atoms with Crippen molar-refractivity contribution in [1.82, 2.24) is 0 Å². The average Bonchev–Trinajstić information content (AvgIpc) is 2.39. The number of nitro groups is 1. The maximum Gasteiger partial charge on any atom is 0.292 e. The SMILES string of the molecule is Cc1ccc([N+](=O)[O-])c(N2CCCCC2CCO)c1. The molecule has 1 atom stereocenters. The molecule has 19 heavy (non-hydrogen) atoms. The summed E-state index contributed by atoms with van der Waals surface area (Å²) in [6.07, 6.45) is 3.84. The summed E-state index contributed by atoms with van der Waals surface area (Å²) >= 11 is 0. The molecule has 1 aromatic rings. The zero-order chi connectivity index (χ0) is 13.8. The molecule has 0 aliphatic carbocycles. The Kier molecular flexibility index (Phi) is 4.37. The monoisotopic (exact) mass is 264 g/mol. The molecule has 1 aromatic carbocycles. The van der Waals surface area contributed by atoms with E-state index in [4.69, 9.17) is 5.11 Å². The lowest BCUT2D eigenvalue weighted by Crippen LogP contribution is -2.40. The Labute approximate surface area is 113 Å². The summed E-state index contributed by atoms with van der Waals surface area (Å²) in [6.45, 7) is 2.90. The first-order valence-electron chi connectivity index (χ1n) is 6.76. The molecule has 0 spiro atoms. The normalized spacial score (nSPS) is 19.5. The van der Waals surface area contributed by atoms with E-state index >= 15 is 0 Å². The fourth-order valence-corrected chi connectivity index (χ4v) is 2.78. The second kappa shape index (κ2) is 6.02. The van der Waals surface area contributed by atoms with Crippen LogP contribution in [0.4, 0.5) is 11.4 Å². The zero-order valence-corrected chi connectivity index (χ0v) is 11.2. The first kappa shape index (κ1) is 13.8. The summed E-state index contributed by atoms with van der Waals surface area (Å²) in [4.78, 5) is 13.0. The van der Waals surface area contributed by atoms with Crippen molar-refractivity contribution in [1.29, 1.82) is 0 Å². The van der Waals surface area contributed by atoms with Crippen molar-refractivity contribution < 1.29 is 10.0 Å². The predicted molar refractivity (Wildman–Crippen MR) is 74.5 cm³/mol. The Morgan fingerprint density at radius 3 is 2.95 bits per heavy atom. The Balaban J connectivity index is 2.37. The van der Waals surface area contributed by atoms with Crippen LogP contribution in [0, 0.1) is 17.0 Å². The molecule has 5 nitrogen and oxygen atoms in total.